The first-order chi connectivity index (χ1) is 10.2. The molecule has 1 atom stereocenters. The number of amides is 1. The van der Waals surface area contributed by atoms with E-state index in [9.17, 15) is 9.18 Å². The summed E-state index contributed by atoms with van der Waals surface area (Å²) in [4.78, 5) is 14.1. The van der Waals surface area contributed by atoms with Gasteiger partial charge in [-0.3, -0.25) is 4.79 Å². The van der Waals surface area contributed by atoms with Crippen LogP contribution in [0.25, 0.3) is 0 Å². The zero-order chi connectivity index (χ0) is 15.1. The minimum atomic E-state index is -0.162. The molecule has 4 heteroatoms. The van der Waals surface area contributed by atoms with Crippen molar-refractivity contribution < 1.29 is 9.18 Å². The molecular formula is C17H24FNOS. The molecule has 1 fully saturated rings. The Labute approximate surface area is 131 Å². The first-order valence-corrected chi connectivity index (χ1v) is 9.09. The summed E-state index contributed by atoms with van der Waals surface area (Å²) in [5, 5.41) is 0. The first kappa shape index (κ1) is 16.3. The maximum absolute atomic E-state index is 13.2. The van der Waals surface area contributed by atoms with E-state index >= 15 is 0 Å². The number of likely N-dealkylation sites (tertiary alicyclic amines) is 1. The molecule has 0 radical (unpaired) electrons. The van der Waals surface area contributed by atoms with E-state index in [1.54, 1.807) is 23.9 Å². The molecule has 2 rings (SSSR count). The van der Waals surface area contributed by atoms with Crippen LogP contribution in [0.2, 0.25) is 0 Å². The number of hydrogen-bond donors (Lipinski definition) is 0. The zero-order valence-corrected chi connectivity index (χ0v) is 13.5. The van der Waals surface area contributed by atoms with Gasteiger partial charge in [-0.2, -0.15) is 11.8 Å². The molecule has 1 aliphatic rings. The van der Waals surface area contributed by atoms with Crippen molar-refractivity contribution >= 4 is 17.7 Å². The lowest BCUT2D eigenvalue weighted by Gasteiger charge is -2.33. The highest BCUT2D eigenvalue weighted by atomic mass is 32.2. The Morgan fingerprint density at radius 2 is 2.33 bits per heavy atom. The summed E-state index contributed by atoms with van der Waals surface area (Å²) in [6.45, 7) is 1.78. The van der Waals surface area contributed by atoms with E-state index in [1.165, 1.54) is 12.5 Å². The second kappa shape index (κ2) is 8.42. The highest BCUT2D eigenvalue weighted by molar-refractivity contribution is 7.98. The number of hydrogen-bond acceptors (Lipinski definition) is 2. The van der Waals surface area contributed by atoms with Crippen molar-refractivity contribution in [2.45, 2.75) is 32.1 Å². The predicted molar refractivity (Wildman–Crippen MR) is 87.0 cm³/mol. The molecule has 0 unspecified atom stereocenters. The molecule has 0 aliphatic carbocycles. The normalized spacial score (nSPS) is 18.8. The van der Waals surface area contributed by atoms with Crippen LogP contribution < -0.4 is 0 Å². The number of halogens is 1. The Bertz CT molecular complexity index is 466. The number of piperidine rings is 1. The van der Waals surface area contributed by atoms with Gasteiger partial charge in [-0.25, -0.2) is 4.39 Å². The van der Waals surface area contributed by atoms with Crippen LogP contribution >= 0.6 is 11.8 Å². The lowest BCUT2D eigenvalue weighted by atomic mass is 9.91. The topological polar surface area (TPSA) is 20.3 Å². The standard InChI is InChI=1S/C17H24FNOS/c1-21-11-9-17(20)19-10-3-5-15(13-19)8-7-14-4-2-6-16(18)12-14/h2,4,6,12,15H,3,5,7-11,13H2,1H3/t15-/m1/s1. The number of nitrogens with zero attached hydrogens (tertiary/aromatic N) is 1. The molecule has 1 saturated heterocycles. The largest absolute Gasteiger partial charge is 0.342 e. The monoisotopic (exact) mass is 309 g/mol. The van der Waals surface area contributed by atoms with Crippen molar-refractivity contribution in [2.75, 3.05) is 25.1 Å². The van der Waals surface area contributed by atoms with Gasteiger partial charge in [0, 0.05) is 25.3 Å². The number of carbonyl (C=O) groups excluding carboxylic acids is 1. The summed E-state index contributed by atoms with van der Waals surface area (Å²) in [6.07, 6.45) is 6.90. The predicted octanol–water partition coefficient (Wildman–Crippen LogP) is 3.75. The molecule has 116 valence electrons. The van der Waals surface area contributed by atoms with Crippen LogP contribution in [0, 0.1) is 11.7 Å². The number of carbonyl (C=O) groups is 1. The highest BCUT2D eigenvalue weighted by Crippen LogP contribution is 2.22. The van der Waals surface area contributed by atoms with Crippen LogP contribution in [0.1, 0.15) is 31.2 Å². The van der Waals surface area contributed by atoms with Crippen LogP contribution in [0.3, 0.4) is 0 Å². The van der Waals surface area contributed by atoms with Gasteiger partial charge in [0.15, 0.2) is 0 Å². The first-order valence-electron chi connectivity index (χ1n) is 7.70. The van der Waals surface area contributed by atoms with Gasteiger partial charge in [-0.05, 0) is 55.6 Å². The van der Waals surface area contributed by atoms with Crippen molar-refractivity contribution in [1.82, 2.24) is 4.90 Å². The quantitative estimate of drug-likeness (QED) is 0.797. The number of aryl methyl sites for hydroxylation is 1. The number of rotatable bonds is 6. The lowest BCUT2D eigenvalue weighted by Crippen LogP contribution is -2.40. The Balaban J connectivity index is 1.80. The van der Waals surface area contributed by atoms with E-state index in [0.29, 0.717) is 18.2 Å². The molecule has 0 saturated carbocycles. The minimum Gasteiger partial charge on any atom is -0.342 e. The van der Waals surface area contributed by atoms with Crippen LogP contribution in [-0.4, -0.2) is 35.9 Å². The van der Waals surface area contributed by atoms with Gasteiger partial charge < -0.3 is 4.90 Å². The van der Waals surface area contributed by atoms with E-state index in [2.05, 4.69) is 0 Å². The summed E-state index contributed by atoms with van der Waals surface area (Å²) in [5.41, 5.74) is 1.06. The van der Waals surface area contributed by atoms with Gasteiger partial charge in [-0.15, -0.1) is 0 Å². The minimum absolute atomic E-state index is 0.162. The van der Waals surface area contributed by atoms with Crippen LogP contribution in [0.5, 0.6) is 0 Å². The van der Waals surface area contributed by atoms with E-state index in [4.69, 9.17) is 0 Å². The third kappa shape index (κ3) is 5.34. The molecule has 1 heterocycles. The van der Waals surface area contributed by atoms with Crippen LogP contribution in [0.15, 0.2) is 24.3 Å². The van der Waals surface area contributed by atoms with Gasteiger partial charge in [0.2, 0.25) is 5.91 Å². The second-order valence-corrected chi connectivity index (χ2v) is 6.75. The fraction of sp³-hybridized carbons (Fsp3) is 0.588. The van der Waals surface area contributed by atoms with Crippen molar-refractivity contribution in [1.29, 1.82) is 0 Å². The summed E-state index contributed by atoms with van der Waals surface area (Å²) in [5.74, 6) is 1.59. The van der Waals surface area contributed by atoms with Crippen molar-refractivity contribution in [3.05, 3.63) is 35.6 Å². The number of benzene rings is 1. The van der Waals surface area contributed by atoms with Crippen molar-refractivity contribution in [3.63, 3.8) is 0 Å². The molecule has 0 aromatic heterocycles. The average molecular weight is 309 g/mol. The molecule has 21 heavy (non-hydrogen) atoms. The molecular weight excluding hydrogens is 285 g/mol. The SMILES string of the molecule is CSCCC(=O)N1CCC[C@H](CCc2cccc(F)c2)C1. The van der Waals surface area contributed by atoms with E-state index in [1.807, 2.05) is 17.2 Å². The smallest absolute Gasteiger partial charge is 0.223 e. The fourth-order valence-corrected chi connectivity index (χ4v) is 3.32. The molecule has 1 aromatic carbocycles. The highest BCUT2D eigenvalue weighted by Gasteiger charge is 2.22. The Morgan fingerprint density at radius 1 is 1.48 bits per heavy atom. The lowest BCUT2D eigenvalue weighted by molar-refractivity contribution is -0.132. The van der Waals surface area contributed by atoms with Gasteiger partial charge in [0.1, 0.15) is 5.82 Å². The summed E-state index contributed by atoms with van der Waals surface area (Å²) < 4.78 is 13.2. The Kier molecular flexibility index (Phi) is 6.55. The summed E-state index contributed by atoms with van der Waals surface area (Å²) >= 11 is 1.72. The Morgan fingerprint density at radius 3 is 3.10 bits per heavy atom. The molecule has 0 bridgehead atoms. The van der Waals surface area contributed by atoms with Crippen molar-refractivity contribution in [3.8, 4) is 0 Å². The maximum Gasteiger partial charge on any atom is 0.223 e. The molecule has 0 N–H and O–H groups in total. The third-order valence-electron chi connectivity index (χ3n) is 4.12. The number of thioether (sulfide) groups is 1. The third-order valence-corrected chi connectivity index (χ3v) is 4.73. The maximum atomic E-state index is 13.2. The second-order valence-electron chi connectivity index (χ2n) is 5.76. The van der Waals surface area contributed by atoms with E-state index in [-0.39, 0.29) is 5.82 Å². The molecule has 0 spiro atoms. The van der Waals surface area contributed by atoms with Gasteiger partial charge in [0.05, 0.1) is 0 Å². The van der Waals surface area contributed by atoms with Gasteiger partial charge in [0.25, 0.3) is 0 Å². The molecule has 2 nitrogen and oxygen atoms in total. The summed E-state index contributed by atoms with van der Waals surface area (Å²) in [6, 6.07) is 6.84. The van der Waals surface area contributed by atoms with Gasteiger partial charge in [-0.1, -0.05) is 12.1 Å². The van der Waals surface area contributed by atoms with E-state index < -0.39 is 0 Å². The molecule has 1 aliphatic heterocycles. The summed E-state index contributed by atoms with van der Waals surface area (Å²) in [7, 11) is 0. The fourth-order valence-electron chi connectivity index (χ4n) is 2.94. The van der Waals surface area contributed by atoms with Gasteiger partial charge >= 0.3 is 0 Å². The van der Waals surface area contributed by atoms with E-state index in [0.717, 1.165) is 43.7 Å². The average Bonchev–Trinajstić information content (AvgIpc) is 2.51. The van der Waals surface area contributed by atoms with Crippen LogP contribution in [0.4, 0.5) is 4.39 Å². The molecule has 1 amide bonds. The Hall–Kier alpha value is -1.03. The van der Waals surface area contributed by atoms with Crippen molar-refractivity contribution in [2.24, 2.45) is 5.92 Å². The molecule has 1 aromatic rings. The zero-order valence-electron chi connectivity index (χ0n) is 12.7. The van der Waals surface area contributed by atoms with Crippen LogP contribution in [-0.2, 0) is 11.2 Å².